The molecule has 0 spiro atoms. The first-order valence-electron chi connectivity index (χ1n) is 10.6. The molecule has 0 unspecified atom stereocenters. The number of rotatable bonds is 6. The Labute approximate surface area is 208 Å². The molecular weight excluding hydrogens is 518 g/mol. The first-order valence-corrected chi connectivity index (χ1v) is 12.5. The van der Waals surface area contributed by atoms with Crippen molar-refractivity contribution in [1.82, 2.24) is 15.2 Å². The van der Waals surface area contributed by atoms with Crippen LogP contribution in [0.15, 0.2) is 41.3 Å². The fourth-order valence-corrected chi connectivity index (χ4v) is 4.19. The third-order valence-corrected chi connectivity index (χ3v) is 6.79. The van der Waals surface area contributed by atoms with Crippen LogP contribution in [0.3, 0.4) is 0 Å². The molecule has 4 rings (SSSR count). The van der Waals surface area contributed by atoms with E-state index in [-0.39, 0.29) is 16.3 Å². The van der Waals surface area contributed by atoms with E-state index in [0.717, 1.165) is 25.3 Å². The van der Waals surface area contributed by atoms with Crippen molar-refractivity contribution in [1.29, 1.82) is 5.26 Å². The van der Waals surface area contributed by atoms with Crippen LogP contribution < -0.4 is 10.1 Å². The molecule has 192 valence electrons. The van der Waals surface area contributed by atoms with Crippen LogP contribution in [0.2, 0.25) is 0 Å². The van der Waals surface area contributed by atoms with Gasteiger partial charge in [0.05, 0.1) is 22.1 Å². The molecule has 14 heteroatoms. The summed E-state index contributed by atoms with van der Waals surface area (Å²) in [7, 11) is -3.64. The van der Waals surface area contributed by atoms with Gasteiger partial charge in [0.1, 0.15) is 5.56 Å². The summed E-state index contributed by atoms with van der Waals surface area (Å²) in [4.78, 5) is 16.7. The van der Waals surface area contributed by atoms with Crippen LogP contribution in [-0.2, 0) is 21.4 Å². The molecule has 2 aromatic heterocycles. The number of ether oxygens (including phenoxy) is 1. The Bertz CT molecular complexity index is 1560. The fraction of sp³-hybridized carbons (Fsp3) is 0.261. The first-order chi connectivity index (χ1) is 17.2. The summed E-state index contributed by atoms with van der Waals surface area (Å²) in [5.74, 6) is -3.59. The van der Waals surface area contributed by atoms with E-state index in [1.165, 1.54) is 24.3 Å². The minimum Gasteiger partial charge on any atom is -0.432 e. The first kappa shape index (κ1) is 26.0. The number of aromatic nitrogens is 3. The lowest BCUT2D eigenvalue weighted by molar-refractivity contribution is -0.142. The maximum atomic E-state index is 14.7. The highest BCUT2D eigenvalue weighted by atomic mass is 32.2. The van der Waals surface area contributed by atoms with E-state index in [2.05, 4.69) is 26.6 Å². The van der Waals surface area contributed by atoms with Gasteiger partial charge in [-0.15, -0.1) is 10.2 Å². The van der Waals surface area contributed by atoms with Crippen LogP contribution in [0.25, 0.3) is 0 Å². The number of amides is 1. The molecule has 9 nitrogen and oxygen atoms in total. The SMILES string of the molecule is Cc1c(C(F)(F)F)nnc(Oc2ccc(C3(C#N)CC3)nc2F)c1C(=O)Nc1cccc(S(C)(=O)=O)c1. The van der Waals surface area contributed by atoms with Gasteiger partial charge in [-0.2, -0.15) is 22.8 Å². The monoisotopic (exact) mass is 535 g/mol. The zero-order valence-corrected chi connectivity index (χ0v) is 20.0. The van der Waals surface area contributed by atoms with Crippen LogP contribution in [0.5, 0.6) is 11.6 Å². The van der Waals surface area contributed by atoms with E-state index in [1.807, 2.05) is 0 Å². The molecule has 1 amide bonds. The summed E-state index contributed by atoms with van der Waals surface area (Å²) < 4.78 is 84.1. The molecule has 1 fully saturated rings. The summed E-state index contributed by atoms with van der Waals surface area (Å²) in [5, 5.41) is 18.1. The standard InChI is InChI=1S/C23H17F4N5O4S/c1-12-17(20(33)29-13-4-3-5-14(10-13)37(2,34)35)21(32-31-18(12)23(25,26)27)36-15-6-7-16(30-19(15)24)22(11-28)8-9-22/h3-7,10H,8-9H2,1-2H3,(H,29,33). The number of carbonyl (C=O) groups is 1. The zero-order chi connectivity index (χ0) is 27.2. The van der Waals surface area contributed by atoms with Crippen LogP contribution in [0, 0.1) is 24.2 Å². The minimum absolute atomic E-state index is 0.0351. The quantitative estimate of drug-likeness (QED) is 0.364. The van der Waals surface area contributed by atoms with Crippen molar-refractivity contribution in [2.45, 2.75) is 36.3 Å². The van der Waals surface area contributed by atoms with Crippen molar-refractivity contribution in [3.05, 3.63) is 64.9 Å². The zero-order valence-electron chi connectivity index (χ0n) is 19.2. The molecule has 1 aliphatic carbocycles. The number of nitrogens with one attached hydrogen (secondary N) is 1. The molecule has 3 aromatic rings. The molecule has 1 N–H and O–H groups in total. The van der Waals surface area contributed by atoms with Crippen LogP contribution >= 0.6 is 0 Å². The lowest BCUT2D eigenvalue weighted by Crippen LogP contribution is -2.21. The second-order valence-electron chi connectivity index (χ2n) is 8.39. The number of carbonyl (C=O) groups excluding carboxylic acids is 1. The van der Waals surface area contributed by atoms with Crippen molar-refractivity contribution in [2.75, 3.05) is 11.6 Å². The van der Waals surface area contributed by atoms with Gasteiger partial charge in [-0.3, -0.25) is 4.79 Å². The Morgan fingerprint density at radius 2 is 1.89 bits per heavy atom. The lowest BCUT2D eigenvalue weighted by Gasteiger charge is -2.16. The lowest BCUT2D eigenvalue weighted by atomic mass is 10.0. The average molecular weight is 535 g/mol. The van der Waals surface area contributed by atoms with Gasteiger partial charge in [-0.1, -0.05) is 6.07 Å². The smallest absolute Gasteiger partial charge is 0.432 e. The number of alkyl halides is 3. The summed E-state index contributed by atoms with van der Waals surface area (Å²) in [5.41, 5.74) is -3.57. The van der Waals surface area contributed by atoms with E-state index in [9.17, 15) is 36.0 Å². The molecule has 0 saturated heterocycles. The molecule has 2 heterocycles. The average Bonchev–Trinajstić information content (AvgIpc) is 3.60. The minimum atomic E-state index is -4.97. The Morgan fingerprint density at radius 1 is 1.19 bits per heavy atom. The Kier molecular flexibility index (Phi) is 6.37. The highest BCUT2D eigenvalue weighted by molar-refractivity contribution is 7.90. The maximum Gasteiger partial charge on any atom is 0.435 e. The Hall–Kier alpha value is -4.12. The number of anilines is 1. The van der Waals surface area contributed by atoms with Gasteiger partial charge >= 0.3 is 6.18 Å². The molecule has 0 bridgehead atoms. The summed E-state index contributed by atoms with van der Waals surface area (Å²) >= 11 is 0. The van der Waals surface area contributed by atoms with E-state index in [1.54, 1.807) is 0 Å². The number of nitrogens with zero attached hydrogens (tertiary/aromatic N) is 4. The number of nitriles is 1. The van der Waals surface area contributed by atoms with Crippen molar-refractivity contribution in [3.8, 4) is 17.7 Å². The largest absolute Gasteiger partial charge is 0.435 e. The van der Waals surface area contributed by atoms with Crippen LogP contribution in [0.4, 0.5) is 23.2 Å². The predicted octanol–water partition coefficient (Wildman–Crippen LogP) is 4.34. The van der Waals surface area contributed by atoms with E-state index in [4.69, 9.17) is 4.74 Å². The van der Waals surface area contributed by atoms with Gasteiger partial charge in [0.2, 0.25) is 0 Å². The number of halogens is 4. The highest BCUT2D eigenvalue weighted by Gasteiger charge is 2.46. The van der Waals surface area contributed by atoms with Crippen molar-refractivity contribution < 1.29 is 35.5 Å². The van der Waals surface area contributed by atoms with Crippen LogP contribution in [-0.4, -0.2) is 35.8 Å². The van der Waals surface area contributed by atoms with E-state index in [0.29, 0.717) is 12.8 Å². The molecule has 0 aliphatic heterocycles. The van der Waals surface area contributed by atoms with Crippen molar-refractivity contribution in [2.24, 2.45) is 0 Å². The third-order valence-electron chi connectivity index (χ3n) is 5.68. The van der Waals surface area contributed by atoms with Crippen molar-refractivity contribution in [3.63, 3.8) is 0 Å². The number of hydrogen-bond donors (Lipinski definition) is 1. The summed E-state index contributed by atoms with van der Waals surface area (Å²) in [6.45, 7) is 0.966. The number of benzene rings is 1. The predicted molar refractivity (Wildman–Crippen MR) is 120 cm³/mol. The molecule has 1 aromatic carbocycles. The normalized spacial score (nSPS) is 14.5. The van der Waals surface area contributed by atoms with Gasteiger partial charge < -0.3 is 10.1 Å². The van der Waals surface area contributed by atoms with E-state index >= 15 is 0 Å². The van der Waals surface area contributed by atoms with Gasteiger partial charge in [0, 0.05) is 11.9 Å². The Morgan fingerprint density at radius 3 is 2.46 bits per heavy atom. The number of hydrogen-bond acceptors (Lipinski definition) is 8. The fourth-order valence-electron chi connectivity index (χ4n) is 3.52. The van der Waals surface area contributed by atoms with Crippen LogP contribution in [0.1, 0.15) is 40.2 Å². The number of pyridine rings is 1. The second kappa shape index (κ2) is 9.07. The van der Waals surface area contributed by atoms with Gasteiger partial charge in [0.15, 0.2) is 21.3 Å². The molecule has 0 radical (unpaired) electrons. The molecule has 0 atom stereocenters. The van der Waals surface area contributed by atoms with Gasteiger partial charge in [-0.05, 0) is 55.7 Å². The topological polar surface area (TPSA) is 135 Å². The molecule has 1 aliphatic rings. The van der Waals surface area contributed by atoms with Crippen molar-refractivity contribution >= 4 is 21.4 Å². The summed E-state index contributed by atoms with van der Waals surface area (Å²) in [6, 6.07) is 9.59. The van der Waals surface area contributed by atoms with E-state index < -0.39 is 61.7 Å². The second-order valence-corrected chi connectivity index (χ2v) is 10.4. The maximum absolute atomic E-state index is 14.7. The Balaban J connectivity index is 1.74. The molecule has 1 saturated carbocycles. The summed E-state index contributed by atoms with van der Waals surface area (Å²) in [6.07, 6.45) is -3.01. The van der Waals surface area contributed by atoms with Gasteiger partial charge in [-0.25, -0.2) is 13.4 Å². The molecular formula is C23H17F4N5O4S. The highest BCUT2D eigenvalue weighted by Crippen LogP contribution is 2.47. The van der Waals surface area contributed by atoms with Gasteiger partial charge in [0.25, 0.3) is 17.7 Å². The molecule has 37 heavy (non-hydrogen) atoms. The number of sulfone groups is 1. The third kappa shape index (κ3) is 5.21.